The number of likely N-dealkylation sites (N-methyl/N-ethyl adjacent to an activating group) is 1. The molecule has 1 aliphatic rings. The minimum Gasteiger partial charge on any atom is -0.367 e. The van der Waals surface area contributed by atoms with E-state index in [1.165, 1.54) is 36.2 Å². The van der Waals surface area contributed by atoms with E-state index >= 15 is 0 Å². The van der Waals surface area contributed by atoms with Crippen LogP contribution in [-0.4, -0.2) is 67.4 Å². The number of benzene rings is 2. The van der Waals surface area contributed by atoms with E-state index in [2.05, 4.69) is 5.32 Å². The number of nitrogens with zero attached hydrogens (tertiary/aromatic N) is 3. The van der Waals surface area contributed by atoms with Gasteiger partial charge in [0.05, 0.1) is 29.5 Å². The van der Waals surface area contributed by atoms with Gasteiger partial charge in [-0.1, -0.05) is 24.3 Å². The van der Waals surface area contributed by atoms with Crippen molar-refractivity contribution in [2.24, 2.45) is 0 Å². The van der Waals surface area contributed by atoms with E-state index < -0.39 is 23.7 Å². The molecule has 0 spiro atoms. The molecule has 1 heterocycles. The maximum Gasteiger partial charge on any atom is 0.418 e. The summed E-state index contributed by atoms with van der Waals surface area (Å²) in [6, 6.07) is 10.7. The summed E-state index contributed by atoms with van der Waals surface area (Å²) < 4.78 is 53.4. The highest BCUT2D eigenvalue weighted by Crippen LogP contribution is 2.34. The summed E-state index contributed by atoms with van der Waals surface area (Å²) in [6.45, 7) is 3.47. The van der Waals surface area contributed by atoms with E-state index in [0.29, 0.717) is 31.9 Å². The lowest BCUT2D eigenvalue weighted by Crippen LogP contribution is -2.54. The molecule has 1 N–H and O–H groups in total. The molecule has 0 aromatic heterocycles. The molecule has 0 bridgehead atoms. The summed E-state index contributed by atoms with van der Waals surface area (Å²) in [5, 5.41) is 2.24. The Morgan fingerprint density at radius 3 is 2.27 bits per heavy atom. The lowest BCUT2D eigenvalue weighted by molar-refractivity contribution is -0.138. The van der Waals surface area contributed by atoms with Crippen molar-refractivity contribution in [3.05, 3.63) is 59.9 Å². The molecule has 2 aromatic rings. The zero-order valence-electron chi connectivity index (χ0n) is 18.4. The Hall–Kier alpha value is -3.14. The van der Waals surface area contributed by atoms with Crippen LogP contribution in [-0.2, 0) is 15.8 Å². The number of hydrogen-bond donors (Lipinski definition) is 1. The van der Waals surface area contributed by atoms with Gasteiger partial charge in [-0.2, -0.15) is 13.2 Å². The molecule has 0 saturated carbocycles. The predicted octanol–water partition coefficient (Wildman–Crippen LogP) is 3.45. The van der Waals surface area contributed by atoms with Crippen LogP contribution < -0.4 is 10.2 Å². The highest BCUT2D eigenvalue weighted by molar-refractivity contribution is 5.95. The van der Waals surface area contributed by atoms with Crippen LogP contribution >= 0.6 is 0 Å². The van der Waals surface area contributed by atoms with Crippen LogP contribution in [0.5, 0.6) is 0 Å². The number of carbonyl (C=O) groups excluding carboxylic acids is 2. The number of anilines is 2. The van der Waals surface area contributed by atoms with E-state index in [1.54, 1.807) is 25.1 Å². The number of nitrogens with one attached hydrogen (secondary N) is 1. The standard InChI is InChI=1S/C23H26F4N4O2/c1-16(30-11-13-31(14-12-30)20-10-6-4-8-18(20)24)22(33)29(2)15-21(32)28-19-9-5-3-7-17(19)23(25,26)27/h3-10,16H,11-15H2,1-2H3,(H,28,32)/t16-/m0/s1. The fourth-order valence-corrected chi connectivity index (χ4v) is 3.86. The summed E-state index contributed by atoms with van der Waals surface area (Å²) in [5.41, 5.74) is -0.786. The third-order valence-electron chi connectivity index (χ3n) is 5.68. The van der Waals surface area contributed by atoms with Gasteiger partial charge >= 0.3 is 6.18 Å². The first-order chi connectivity index (χ1) is 15.6. The van der Waals surface area contributed by atoms with Crippen LogP contribution in [0.4, 0.5) is 28.9 Å². The van der Waals surface area contributed by atoms with Gasteiger partial charge in [0.25, 0.3) is 0 Å². The Morgan fingerprint density at radius 2 is 1.64 bits per heavy atom. The Kier molecular flexibility index (Phi) is 7.57. The Labute approximate surface area is 189 Å². The quantitative estimate of drug-likeness (QED) is 0.663. The maximum atomic E-state index is 14.0. The number of piperazine rings is 1. The van der Waals surface area contributed by atoms with Crippen molar-refractivity contribution in [1.82, 2.24) is 9.80 Å². The molecule has 1 fully saturated rings. The van der Waals surface area contributed by atoms with Crippen molar-refractivity contribution >= 4 is 23.2 Å². The van der Waals surface area contributed by atoms with Crippen LogP contribution in [0.15, 0.2) is 48.5 Å². The second-order valence-electron chi connectivity index (χ2n) is 7.94. The average Bonchev–Trinajstić information content (AvgIpc) is 2.78. The topological polar surface area (TPSA) is 55.9 Å². The second kappa shape index (κ2) is 10.2. The maximum absolute atomic E-state index is 14.0. The van der Waals surface area contributed by atoms with Crippen LogP contribution in [0.2, 0.25) is 0 Å². The molecule has 6 nitrogen and oxygen atoms in total. The van der Waals surface area contributed by atoms with Crippen LogP contribution in [0.1, 0.15) is 12.5 Å². The molecular weight excluding hydrogens is 440 g/mol. The molecule has 2 aromatic carbocycles. The van der Waals surface area contributed by atoms with Gasteiger partial charge in [0.2, 0.25) is 11.8 Å². The van der Waals surface area contributed by atoms with E-state index in [0.717, 1.165) is 6.07 Å². The van der Waals surface area contributed by atoms with Crippen molar-refractivity contribution in [1.29, 1.82) is 0 Å². The SMILES string of the molecule is C[C@@H](C(=O)N(C)CC(=O)Nc1ccccc1C(F)(F)F)N1CCN(c2ccccc2F)CC1. The largest absolute Gasteiger partial charge is 0.418 e. The van der Waals surface area contributed by atoms with E-state index in [1.807, 2.05) is 9.80 Å². The lowest BCUT2D eigenvalue weighted by Gasteiger charge is -2.39. The number of amides is 2. The molecule has 178 valence electrons. The molecule has 1 saturated heterocycles. The number of alkyl halides is 3. The minimum absolute atomic E-state index is 0.298. The highest BCUT2D eigenvalue weighted by Gasteiger charge is 2.34. The van der Waals surface area contributed by atoms with Crippen molar-refractivity contribution in [2.45, 2.75) is 19.1 Å². The summed E-state index contributed by atoms with van der Waals surface area (Å²) in [6.07, 6.45) is -4.61. The van der Waals surface area contributed by atoms with Gasteiger partial charge in [0, 0.05) is 33.2 Å². The average molecular weight is 466 g/mol. The third-order valence-corrected chi connectivity index (χ3v) is 5.68. The molecule has 0 aliphatic carbocycles. The fourth-order valence-electron chi connectivity index (χ4n) is 3.86. The van der Waals surface area contributed by atoms with Gasteiger partial charge < -0.3 is 15.1 Å². The van der Waals surface area contributed by atoms with Gasteiger partial charge in [-0.3, -0.25) is 14.5 Å². The molecule has 33 heavy (non-hydrogen) atoms. The fraction of sp³-hybridized carbons (Fsp3) is 0.391. The lowest BCUT2D eigenvalue weighted by atomic mass is 10.1. The summed E-state index contributed by atoms with van der Waals surface area (Å²) in [4.78, 5) is 30.2. The second-order valence-corrected chi connectivity index (χ2v) is 7.94. The monoisotopic (exact) mass is 466 g/mol. The van der Waals surface area contributed by atoms with E-state index in [9.17, 15) is 27.2 Å². The van der Waals surface area contributed by atoms with Gasteiger partial charge in [0.1, 0.15) is 5.82 Å². The molecule has 0 radical (unpaired) electrons. The molecule has 2 amide bonds. The number of rotatable bonds is 6. The smallest absolute Gasteiger partial charge is 0.367 e. The van der Waals surface area contributed by atoms with Crippen LogP contribution in [0.25, 0.3) is 0 Å². The summed E-state index contributed by atoms with van der Waals surface area (Å²) in [7, 11) is 1.43. The third kappa shape index (κ3) is 6.01. The van der Waals surface area contributed by atoms with Crippen molar-refractivity contribution in [2.75, 3.05) is 50.0 Å². The van der Waals surface area contributed by atoms with Gasteiger partial charge in [-0.15, -0.1) is 0 Å². The summed E-state index contributed by atoms with van der Waals surface area (Å²) >= 11 is 0. The zero-order valence-corrected chi connectivity index (χ0v) is 18.4. The van der Waals surface area contributed by atoms with Gasteiger partial charge in [-0.25, -0.2) is 4.39 Å². The predicted molar refractivity (Wildman–Crippen MR) is 117 cm³/mol. The molecule has 1 atom stereocenters. The number of halogens is 4. The Bertz CT molecular complexity index is 990. The molecular formula is C23H26F4N4O2. The molecule has 10 heteroatoms. The first-order valence-electron chi connectivity index (χ1n) is 10.5. The number of para-hydroxylation sites is 2. The summed E-state index contributed by atoms with van der Waals surface area (Å²) in [5.74, 6) is -1.35. The number of carbonyl (C=O) groups is 2. The first-order valence-corrected chi connectivity index (χ1v) is 10.5. The first kappa shape index (κ1) is 24.5. The molecule has 1 aliphatic heterocycles. The molecule has 3 rings (SSSR count). The zero-order chi connectivity index (χ0) is 24.2. The van der Waals surface area contributed by atoms with Crippen LogP contribution in [0.3, 0.4) is 0 Å². The van der Waals surface area contributed by atoms with E-state index in [-0.39, 0.29) is 24.0 Å². The van der Waals surface area contributed by atoms with Crippen LogP contribution in [0, 0.1) is 5.82 Å². The van der Waals surface area contributed by atoms with E-state index in [4.69, 9.17) is 0 Å². The van der Waals surface area contributed by atoms with Crippen molar-refractivity contribution < 1.29 is 27.2 Å². The van der Waals surface area contributed by atoms with Crippen molar-refractivity contribution in [3.8, 4) is 0 Å². The Morgan fingerprint density at radius 1 is 1.03 bits per heavy atom. The normalized spacial score (nSPS) is 15.8. The van der Waals surface area contributed by atoms with Gasteiger partial charge in [-0.05, 0) is 31.2 Å². The minimum atomic E-state index is -4.61. The highest BCUT2D eigenvalue weighted by atomic mass is 19.4. The van der Waals surface area contributed by atoms with Gasteiger partial charge in [0.15, 0.2) is 0 Å². The number of hydrogen-bond acceptors (Lipinski definition) is 4. The Balaban J connectivity index is 1.54. The van der Waals surface area contributed by atoms with Crippen molar-refractivity contribution in [3.63, 3.8) is 0 Å². The molecule has 0 unspecified atom stereocenters.